The Morgan fingerprint density at radius 1 is 1.28 bits per heavy atom. The van der Waals surface area contributed by atoms with Crippen LogP contribution in [0.15, 0.2) is 36.5 Å². The molecule has 25 heavy (non-hydrogen) atoms. The number of hydrogen-bond acceptors (Lipinski definition) is 4. The van der Waals surface area contributed by atoms with Crippen LogP contribution in [-0.4, -0.2) is 48.7 Å². The van der Waals surface area contributed by atoms with Gasteiger partial charge in [-0.3, -0.25) is 0 Å². The van der Waals surface area contributed by atoms with Crippen molar-refractivity contribution in [1.29, 1.82) is 0 Å². The van der Waals surface area contributed by atoms with E-state index in [1.54, 1.807) is 19.4 Å². The van der Waals surface area contributed by atoms with Crippen LogP contribution in [0, 0.1) is 5.82 Å². The second-order valence-corrected chi connectivity index (χ2v) is 6.31. The van der Waals surface area contributed by atoms with Crippen LogP contribution in [0.3, 0.4) is 0 Å². The Hall–Kier alpha value is -2.44. The summed E-state index contributed by atoms with van der Waals surface area (Å²) in [6.07, 6.45) is 1.70. The maximum absolute atomic E-state index is 13.8. The van der Waals surface area contributed by atoms with E-state index in [-0.39, 0.29) is 11.9 Å². The third-order valence-corrected chi connectivity index (χ3v) is 4.62. The second-order valence-electron chi connectivity index (χ2n) is 6.31. The number of pyridine rings is 1. The highest BCUT2D eigenvalue weighted by molar-refractivity contribution is 5.95. The minimum Gasteiger partial charge on any atom is -0.496 e. The van der Waals surface area contributed by atoms with Crippen molar-refractivity contribution in [3.8, 4) is 16.9 Å². The molecule has 130 valence electrons. The first-order valence-corrected chi connectivity index (χ1v) is 8.27. The Morgan fingerprint density at radius 3 is 2.96 bits per heavy atom. The van der Waals surface area contributed by atoms with Crippen molar-refractivity contribution >= 4 is 11.0 Å². The molecular formula is C19H20FN3O2. The molecule has 1 aromatic carbocycles. The van der Waals surface area contributed by atoms with Crippen LogP contribution >= 0.6 is 0 Å². The van der Waals surface area contributed by atoms with Crippen LogP contribution in [-0.2, 0) is 4.74 Å². The zero-order valence-corrected chi connectivity index (χ0v) is 14.3. The lowest BCUT2D eigenvalue weighted by Crippen LogP contribution is -2.35. The molecule has 1 atom stereocenters. The monoisotopic (exact) mass is 341 g/mol. The molecule has 1 fully saturated rings. The van der Waals surface area contributed by atoms with Gasteiger partial charge in [-0.25, -0.2) is 9.37 Å². The van der Waals surface area contributed by atoms with Crippen LogP contribution in [0.2, 0.25) is 0 Å². The van der Waals surface area contributed by atoms with Gasteiger partial charge in [0.25, 0.3) is 0 Å². The maximum atomic E-state index is 13.8. The molecule has 3 heterocycles. The van der Waals surface area contributed by atoms with Crippen LogP contribution in [0.25, 0.3) is 22.2 Å². The number of hydrogen-bond donors (Lipinski definition) is 1. The van der Waals surface area contributed by atoms with E-state index in [4.69, 9.17) is 9.47 Å². The van der Waals surface area contributed by atoms with Gasteiger partial charge >= 0.3 is 0 Å². The number of benzene rings is 1. The summed E-state index contributed by atoms with van der Waals surface area (Å²) in [5.74, 6) is 0.332. The van der Waals surface area contributed by atoms with Crippen LogP contribution < -0.4 is 4.74 Å². The summed E-state index contributed by atoms with van der Waals surface area (Å²) in [6.45, 7) is 2.46. The molecule has 1 saturated heterocycles. The van der Waals surface area contributed by atoms with Crippen LogP contribution in [0.1, 0.15) is 11.8 Å². The Balaban J connectivity index is 1.82. The molecule has 1 aliphatic heterocycles. The number of halogens is 1. The van der Waals surface area contributed by atoms with Crippen LogP contribution in [0.5, 0.6) is 5.75 Å². The standard InChI is InChI=1S/C19H20FN3O2/c1-23-7-8-25-18(11-23)16-10-15-13(5-6-21-19(15)22-16)14-9-12(20)3-4-17(14)24-2/h3-6,9-10,18H,7-8,11H2,1-2H3,(H,21,22). The first-order valence-electron chi connectivity index (χ1n) is 8.27. The van der Waals surface area contributed by atoms with Gasteiger partial charge in [-0.15, -0.1) is 0 Å². The molecule has 0 spiro atoms. The summed E-state index contributed by atoms with van der Waals surface area (Å²) in [5.41, 5.74) is 3.34. The molecule has 4 rings (SSSR count). The zero-order chi connectivity index (χ0) is 17.4. The minimum atomic E-state index is -0.297. The summed E-state index contributed by atoms with van der Waals surface area (Å²) in [5, 5.41) is 0.929. The average Bonchev–Trinajstić information content (AvgIpc) is 3.06. The number of morpholine rings is 1. The smallest absolute Gasteiger partial charge is 0.138 e. The highest BCUT2D eigenvalue weighted by Gasteiger charge is 2.22. The van der Waals surface area contributed by atoms with Crippen molar-refractivity contribution in [3.05, 3.63) is 48.0 Å². The molecule has 1 aliphatic rings. The third-order valence-electron chi connectivity index (χ3n) is 4.62. The molecule has 0 radical (unpaired) electrons. The normalized spacial score (nSPS) is 18.6. The summed E-state index contributed by atoms with van der Waals surface area (Å²) >= 11 is 0. The van der Waals surface area contributed by atoms with Gasteiger partial charge in [0, 0.05) is 35.9 Å². The summed E-state index contributed by atoms with van der Waals surface area (Å²) in [7, 11) is 3.67. The largest absolute Gasteiger partial charge is 0.496 e. The minimum absolute atomic E-state index is 0.0183. The first kappa shape index (κ1) is 16.1. The Morgan fingerprint density at radius 2 is 2.16 bits per heavy atom. The third kappa shape index (κ3) is 2.99. The molecule has 3 aromatic rings. The Bertz CT molecular complexity index is 909. The fourth-order valence-electron chi connectivity index (χ4n) is 3.31. The quantitative estimate of drug-likeness (QED) is 0.793. The van der Waals surface area contributed by atoms with Gasteiger partial charge in [-0.1, -0.05) is 0 Å². The lowest BCUT2D eigenvalue weighted by Gasteiger charge is -2.29. The average molecular weight is 341 g/mol. The van der Waals surface area contributed by atoms with E-state index in [0.717, 1.165) is 35.4 Å². The topological polar surface area (TPSA) is 50.4 Å². The van der Waals surface area contributed by atoms with Crippen molar-refractivity contribution in [2.24, 2.45) is 0 Å². The van der Waals surface area contributed by atoms with E-state index < -0.39 is 0 Å². The van der Waals surface area contributed by atoms with E-state index in [9.17, 15) is 4.39 Å². The van der Waals surface area contributed by atoms with Gasteiger partial charge in [0.05, 0.1) is 13.7 Å². The van der Waals surface area contributed by atoms with E-state index in [2.05, 4.69) is 21.9 Å². The van der Waals surface area contributed by atoms with Gasteiger partial charge in [0.15, 0.2) is 0 Å². The number of aromatic nitrogens is 2. The molecular weight excluding hydrogens is 321 g/mol. The summed E-state index contributed by atoms with van der Waals surface area (Å²) in [6, 6.07) is 8.46. The molecule has 2 aromatic heterocycles. The van der Waals surface area contributed by atoms with Gasteiger partial charge in [-0.05, 0) is 42.9 Å². The molecule has 1 unspecified atom stereocenters. The lowest BCUT2D eigenvalue weighted by molar-refractivity contribution is -0.0227. The molecule has 6 heteroatoms. The van der Waals surface area contributed by atoms with E-state index >= 15 is 0 Å². The molecule has 0 saturated carbocycles. The second kappa shape index (κ2) is 6.46. The van der Waals surface area contributed by atoms with Gasteiger partial charge in [-0.2, -0.15) is 0 Å². The summed E-state index contributed by atoms with van der Waals surface area (Å²) < 4.78 is 25.1. The van der Waals surface area contributed by atoms with Crippen molar-refractivity contribution in [2.45, 2.75) is 6.10 Å². The maximum Gasteiger partial charge on any atom is 0.138 e. The number of nitrogens with one attached hydrogen (secondary N) is 1. The van der Waals surface area contributed by atoms with Crippen molar-refractivity contribution in [1.82, 2.24) is 14.9 Å². The van der Waals surface area contributed by atoms with Gasteiger partial charge in [0.1, 0.15) is 23.3 Å². The number of aromatic amines is 1. The Labute approximate surface area is 145 Å². The number of likely N-dealkylation sites (N-methyl/N-ethyl adjacent to an activating group) is 1. The molecule has 1 N–H and O–H groups in total. The highest BCUT2D eigenvalue weighted by Crippen LogP contribution is 2.36. The van der Waals surface area contributed by atoms with Crippen LogP contribution in [0.4, 0.5) is 4.39 Å². The van der Waals surface area contributed by atoms with Crippen molar-refractivity contribution < 1.29 is 13.9 Å². The first-order chi connectivity index (χ1) is 12.2. The van der Waals surface area contributed by atoms with E-state index in [0.29, 0.717) is 17.9 Å². The number of nitrogens with zero attached hydrogens (tertiary/aromatic N) is 2. The Kier molecular flexibility index (Phi) is 4.15. The van der Waals surface area contributed by atoms with Crippen molar-refractivity contribution in [2.75, 3.05) is 33.9 Å². The fraction of sp³-hybridized carbons (Fsp3) is 0.316. The molecule has 0 aliphatic carbocycles. The summed E-state index contributed by atoms with van der Waals surface area (Å²) in [4.78, 5) is 10.0. The van der Waals surface area contributed by atoms with E-state index in [1.165, 1.54) is 12.1 Å². The van der Waals surface area contributed by atoms with E-state index in [1.807, 2.05) is 12.1 Å². The zero-order valence-electron chi connectivity index (χ0n) is 14.3. The predicted molar refractivity (Wildman–Crippen MR) is 94.2 cm³/mol. The fourth-order valence-corrected chi connectivity index (χ4v) is 3.31. The predicted octanol–water partition coefficient (Wildman–Crippen LogP) is 3.38. The number of rotatable bonds is 3. The van der Waals surface area contributed by atoms with Gasteiger partial charge in [0.2, 0.25) is 0 Å². The number of ether oxygens (including phenoxy) is 2. The van der Waals surface area contributed by atoms with Crippen molar-refractivity contribution in [3.63, 3.8) is 0 Å². The lowest BCUT2D eigenvalue weighted by atomic mass is 10.0. The van der Waals surface area contributed by atoms with Gasteiger partial charge < -0.3 is 19.4 Å². The highest BCUT2D eigenvalue weighted by atomic mass is 19.1. The SMILES string of the molecule is COc1ccc(F)cc1-c1ccnc2[nH]c(C3CN(C)CCO3)cc12. The molecule has 0 bridgehead atoms. The number of methoxy groups -OCH3 is 1. The molecule has 0 amide bonds. The number of fused-ring (bicyclic) bond motifs is 1. The molecule has 5 nitrogen and oxygen atoms in total. The number of H-pyrrole nitrogens is 1.